The second-order valence-electron chi connectivity index (χ2n) is 0.956. The molecule has 8 heavy (non-hydrogen) atoms. The Hall–Kier alpha value is 0.00870. The predicted octanol–water partition coefficient (Wildman–Crippen LogP) is -0.716. The first kappa shape index (κ1) is 10.9. The van der Waals surface area contributed by atoms with E-state index in [9.17, 15) is 4.79 Å². The van der Waals surface area contributed by atoms with Crippen LogP contribution in [0.4, 0.5) is 0 Å². The van der Waals surface area contributed by atoms with Gasteiger partial charge < -0.3 is 4.74 Å². The van der Waals surface area contributed by atoms with E-state index in [4.69, 9.17) is 0 Å². The molecule has 48 valence electrons. The van der Waals surface area contributed by atoms with E-state index in [1.54, 1.807) is 6.92 Å². The van der Waals surface area contributed by atoms with Crippen molar-refractivity contribution < 1.29 is 9.53 Å². The van der Waals surface area contributed by atoms with Crippen LogP contribution >= 0.6 is 0 Å². The first-order valence-electron chi connectivity index (χ1n) is 2.10. The van der Waals surface area contributed by atoms with Gasteiger partial charge in [-0.2, -0.15) is 0 Å². The summed E-state index contributed by atoms with van der Waals surface area (Å²) < 4.78 is 4.43. The van der Waals surface area contributed by atoms with Crippen LogP contribution in [-0.4, -0.2) is 36.5 Å². The van der Waals surface area contributed by atoms with Crippen LogP contribution in [0, 0.1) is 0 Å². The first-order chi connectivity index (χ1) is 3.31. The Kier molecular flexibility index (Phi) is 9.55. The molecule has 0 atom stereocenters. The molecule has 0 aliphatic rings. The van der Waals surface area contributed by atoms with Gasteiger partial charge in [-0.3, -0.25) is 0 Å². The Morgan fingerprint density at radius 3 is 2.50 bits per heavy atom. The molecule has 0 rings (SSSR count). The second-order valence-corrected chi connectivity index (χ2v) is 0.956. The average Bonchev–Trinajstić information content (AvgIpc) is 1.68. The molecule has 0 aromatic rings. The van der Waals surface area contributed by atoms with Crippen LogP contribution in [0.3, 0.4) is 0 Å². The van der Waals surface area contributed by atoms with Crippen molar-refractivity contribution >= 4 is 29.9 Å². The van der Waals surface area contributed by atoms with E-state index in [1.807, 2.05) is 0 Å². The number of carbonyl (C=O) groups is 1. The van der Waals surface area contributed by atoms with Crippen molar-refractivity contribution in [3.05, 3.63) is 12.7 Å². The molecular formula is C5H12O2Sn. The summed E-state index contributed by atoms with van der Waals surface area (Å²) in [6.07, 6.45) is 1.14. The van der Waals surface area contributed by atoms with Gasteiger partial charge in [0.05, 0.1) is 6.61 Å². The fourth-order valence-corrected chi connectivity index (χ4v) is 0.201. The van der Waals surface area contributed by atoms with Crippen molar-refractivity contribution in [2.24, 2.45) is 0 Å². The first-order valence-corrected chi connectivity index (χ1v) is 2.10. The van der Waals surface area contributed by atoms with Gasteiger partial charge in [-0.05, 0) is 6.92 Å². The van der Waals surface area contributed by atoms with Crippen LogP contribution in [0.25, 0.3) is 0 Å². The summed E-state index contributed by atoms with van der Waals surface area (Å²) in [7, 11) is 0. The normalized spacial score (nSPS) is 6.62. The van der Waals surface area contributed by atoms with Crippen LogP contribution in [0.15, 0.2) is 12.7 Å². The molecule has 3 heteroatoms. The van der Waals surface area contributed by atoms with Crippen molar-refractivity contribution in [3.63, 3.8) is 0 Å². The standard InChI is InChI=1S/C5H8O2.Sn.4H/c1-3-5(6)7-4-2;;;;;/h3H,1,4H2,2H3;;;;;. The van der Waals surface area contributed by atoms with E-state index in [2.05, 4.69) is 11.3 Å². The predicted molar refractivity (Wildman–Crippen MR) is 38.2 cm³/mol. The summed E-state index contributed by atoms with van der Waals surface area (Å²) in [5.74, 6) is -0.359. The topological polar surface area (TPSA) is 26.3 Å². The number of carbonyl (C=O) groups excluding carboxylic acids is 1. The van der Waals surface area contributed by atoms with Gasteiger partial charge in [0.15, 0.2) is 0 Å². The zero-order valence-corrected chi connectivity index (χ0v) is 4.31. The maximum atomic E-state index is 10.1. The Morgan fingerprint density at radius 1 is 1.88 bits per heavy atom. The van der Waals surface area contributed by atoms with E-state index in [0.29, 0.717) is 6.61 Å². The third-order valence-corrected chi connectivity index (χ3v) is 0.453. The minimum atomic E-state index is -0.359. The Balaban J connectivity index is 0. The zero-order chi connectivity index (χ0) is 5.70. The van der Waals surface area contributed by atoms with Gasteiger partial charge in [-0.25, -0.2) is 4.79 Å². The van der Waals surface area contributed by atoms with E-state index in [0.717, 1.165) is 6.08 Å². The third-order valence-electron chi connectivity index (χ3n) is 0.453. The molecule has 0 spiro atoms. The molecule has 0 aromatic heterocycles. The summed E-state index contributed by atoms with van der Waals surface area (Å²) in [4.78, 5) is 10.1. The molecule has 0 N–H and O–H groups in total. The van der Waals surface area contributed by atoms with Crippen molar-refractivity contribution in [1.29, 1.82) is 0 Å². The second kappa shape index (κ2) is 7.01. The fourth-order valence-electron chi connectivity index (χ4n) is 0.201. The molecule has 0 saturated heterocycles. The van der Waals surface area contributed by atoms with Crippen molar-refractivity contribution in [2.75, 3.05) is 6.61 Å². The van der Waals surface area contributed by atoms with Gasteiger partial charge in [0.25, 0.3) is 0 Å². The third kappa shape index (κ3) is 6.01. The molecule has 2 nitrogen and oxygen atoms in total. The minimum absolute atomic E-state index is 0. The van der Waals surface area contributed by atoms with E-state index < -0.39 is 0 Å². The summed E-state index contributed by atoms with van der Waals surface area (Å²) in [6, 6.07) is 0. The molecule has 0 unspecified atom stereocenters. The van der Waals surface area contributed by atoms with Crippen LogP contribution in [0.5, 0.6) is 0 Å². The molecule has 0 heterocycles. The molecular weight excluding hydrogens is 211 g/mol. The maximum absolute atomic E-state index is 10.1. The number of hydrogen-bond donors (Lipinski definition) is 0. The molecule has 0 bridgehead atoms. The van der Waals surface area contributed by atoms with Gasteiger partial charge in [0, 0.05) is 6.08 Å². The molecule has 0 amide bonds. The van der Waals surface area contributed by atoms with E-state index in [1.165, 1.54) is 0 Å². The fraction of sp³-hybridized carbons (Fsp3) is 0.400. The summed E-state index contributed by atoms with van der Waals surface area (Å²) in [6.45, 7) is 5.38. The van der Waals surface area contributed by atoms with Gasteiger partial charge in [0.1, 0.15) is 0 Å². The Morgan fingerprint density at radius 2 is 2.38 bits per heavy atom. The SMILES string of the molecule is C=CC(=O)OCC.[SnH4]. The molecule has 0 fully saturated rings. The van der Waals surface area contributed by atoms with Gasteiger partial charge in [-0.1, -0.05) is 6.58 Å². The molecule has 0 aliphatic heterocycles. The van der Waals surface area contributed by atoms with Crippen LogP contribution in [0.2, 0.25) is 0 Å². The molecule has 0 radical (unpaired) electrons. The monoisotopic (exact) mass is 224 g/mol. The number of ether oxygens (including phenoxy) is 1. The average molecular weight is 223 g/mol. The molecule has 0 aromatic carbocycles. The van der Waals surface area contributed by atoms with Crippen LogP contribution in [0.1, 0.15) is 6.92 Å². The number of rotatable bonds is 2. The van der Waals surface area contributed by atoms with Crippen LogP contribution in [-0.2, 0) is 9.53 Å². The summed E-state index contributed by atoms with van der Waals surface area (Å²) in [5, 5.41) is 0. The van der Waals surface area contributed by atoms with E-state index in [-0.39, 0.29) is 29.9 Å². The van der Waals surface area contributed by atoms with E-state index >= 15 is 0 Å². The molecule has 0 aliphatic carbocycles. The Labute approximate surface area is 65.9 Å². The zero-order valence-electron chi connectivity index (χ0n) is 4.31. The van der Waals surface area contributed by atoms with Crippen molar-refractivity contribution in [3.8, 4) is 0 Å². The summed E-state index contributed by atoms with van der Waals surface area (Å²) in [5.41, 5.74) is 0. The van der Waals surface area contributed by atoms with Crippen molar-refractivity contribution in [2.45, 2.75) is 6.92 Å². The number of hydrogen-bond acceptors (Lipinski definition) is 2. The van der Waals surface area contributed by atoms with Crippen LogP contribution < -0.4 is 0 Å². The summed E-state index contributed by atoms with van der Waals surface area (Å²) >= 11 is 0. The molecule has 0 saturated carbocycles. The number of esters is 1. The Bertz CT molecular complexity index is 80.5. The van der Waals surface area contributed by atoms with Gasteiger partial charge in [-0.15, -0.1) is 0 Å². The quantitative estimate of drug-likeness (QED) is 0.351. The van der Waals surface area contributed by atoms with Crippen molar-refractivity contribution in [1.82, 2.24) is 0 Å². The van der Waals surface area contributed by atoms with Gasteiger partial charge in [0.2, 0.25) is 0 Å². The van der Waals surface area contributed by atoms with Gasteiger partial charge >= 0.3 is 29.9 Å².